The van der Waals surface area contributed by atoms with E-state index in [1.807, 2.05) is 0 Å². The van der Waals surface area contributed by atoms with Crippen molar-refractivity contribution < 1.29 is 4.79 Å². The Morgan fingerprint density at radius 2 is 2.23 bits per heavy atom. The first-order chi connectivity index (χ1) is 6.19. The molecule has 0 aliphatic rings. The largest absolute Gasteiger partial charge is 0.298 e. The Balaban J connectivity index is 3.15. The molecule has 0 heterocycles. The molecule has 0 aliphatic heterocycles. The molecule has 5 heteroatoms. The second-order valence-electron chi connectivity index (χ2n) is 2.34. The van der Waals surface area contributed by atoms with Crippen LogP contribution in [0, 0.1) is 0 Å². The van der Waals surface area contributed by atoms with E-state index in [1.165, 1.54) is 0 Å². The number of hydrogen-bond donors (Lipinski definition) is 1. The molecule has 0 fully saturated rings. The predicted octanol–water partition coefficient (Wildman–Crippen LogP) is 3.44. The maximum absolute atomic E-state index is 11.3. The number of alkyl halides is 1. The average Bonchev–Trinajstić information content (AvgIpc) is 2.16. The lowest BCUT2D eigenvalue weighted by Gasteiger charge is -2.05. The van der Waals surface area contributed by atoms with E-state index in [0.29, 0.717) is 11.3 Å². The maximum atomic E-state index is 11.3. The van der Waals surface area contributed by atoms with Gasteiger partial charge in [-0.15, -0.1) is 11.6 Å². The first-order valence-electron chi connectivity index (χ1n) is 3.44. The fourth-order valence-electron chi connectivity index (χ4n) is 0.902. The highest BCUT2D eigenvalue weighted by Crippen LogP contribution is 2.22. The number of hydrogen-bond acceptors (Lipinski definition) is 2. The molecule has 2 nitrogen and oxygen atoms in total. The van der Waals surface area contributed by atoms with Crippen molar-refractivity contribution >= 4 is 50.8 Å². The van der Waals surface area contributed by atoms with Crippen molar-refractivity contribution in [3.05, 3.63) is 28.2 Å². The Bertz CT molecular complexity index is 330. The highest BCUT2D eigenvalue weighted by molar-refractivity contribution is 9.10. The molecule has 0 radical (unpaired) electrons. The monoisotopic (exact) mass is 281 g/mol. The molecule has 0 aliphatic carbocycles. The van der Waals surface area contributed by atoms with E-state index in [-0.39, 0.29) is 11.7 Å². The van der Waals surface area contributed by atoms with Crippen LogP contribution < -0.4 is 4.84 Å². The standard InChI is InChI=1S/C8H6BrCl2NO/c9-5-1-2-7(12-11)6(3-5)8(13)4-10/h1-3,12H,4H2. The molecule has 0 spiro atoms. The highest BCUT2D eigenvalue weighted by atomic mass is 79.9. The van der Waals surface area contributed by atoms with Gasteiger partial charge in [0.1, 0.15) is 0 Å². The second-order valence-corrected chi connectivity index (χ2v) is 3.71. The van der Waals surface area contributed by atoms with Crippen molar-refractivity contribution in [1.29, 1.82) is 0 Å². The number of ketones is 1. The molecule has 0 amide bonds. The molecular weight excluding hydrogens is 277 g/mol. The molecule has 13 heavy (non-hydrogen) atoms. The summed E-state index contributed by atoms with van der Waals surface area (Å²) in [4.78, 5) is 13.7. The van der Waals surface area contributed by atoms with E-state index in [2.05, 4.69) is 20.8 Å². The lowest BCUT2D eigenvalue weighted by Crippen LogP contribution is -2.03. The summed E-state index contributed by atoms with van der Waals surface area (Å²) in [5, 5.41) is 0. The van der Waals surface area contributed by atoms with Gasteiger partial charge in [-0.2, -0.15) is 0 Å². The Kier molecular flexibility index (Phi) is 4.03. The quantitative estimate of drug-likeness (QED) is 0.523. The average molecular weight is 283 g/mol. The van der Waals surface area contributed by atoms with Crippen LogP contribution in [0.25, 0.3) is 0 Å². The van der Waals surface area contributed by atoms with E-state index < -0.39 is 0 Å². The van der Waals surface area contributed by atoms with Crippen LogP contribution in [0.2, 0.25) is 0 Å². The van der Waals surface area contributed by atoms with Crippen LogP contribution in [-0.4, -0.2) is 11.7 Å². The predicted molar refractivity (Wildman–Crippen MR) is 58.7 cm³/mol. The third kappa shape index (κ3) is 2.59. The van der Waals surface area contributed by atoms with Crippen molar-refractivity contribution in [2.75, 3.05) is 10.7 Å². The zero-order valence-corrected chi connectivity index (χ0v) is 9.58. The lowest BCUT2D eigenvalue weighted by atomic mass is 10.1. The third-order valence-electron chi connectivity index (χ3n) is 1.51. The number of halogens is 3. The van der Waals surface area contributed by atoms with Gasteiger partial charge in [-0.1, -0.05) is 15.9 Å². The van der Waals surface area contributed by atoms with Crippen molar-refractivity contribution in [1.82, 2.24) is 0 Å². The summed E-state index contributed by atoms with van der Waals surface area (Å²) in [7, 11) is 0. The van der Waals surface area contributed by atoms with Gasteiger partial charge in [0.25, 0.3) is 0 Å². The van der Waals surface area contributed by atoms with Crippen LogP contribution in [0.1, 0.15) is 10.4 Å². The highest BCUT2D eigenvalue weighted by Gasteiger charge is 2.09. The topological polar surface area (TPSA) is 29.1 Å². The summed E-state index contributed by atoms with van der Waals surface area (Å²) >= 11 is 14.1. The van der Waals surface area contributed by atoms with Crippen molar-refractivity contribution in [2.45, 2.75) is 0 Å². The summed E-state index contributed by atoms with van der Waals surface area (Å²) in [5.74, 6) is -0.215. The molecule has 0 saturated carbocycles. The van der Waals surface area contributed by atoms with Gasteiger partial charge in [0.15, 0.2) is 5.78 Å². The minimum Gasteiger partial charge on any atom is -0.298 e. The first-order valence-corrected chi connectivity index (χ1v) is 5.15. The molecule has 0 bridgehead atoms. The van der Waals surface area contributed by atoms with Crippen LogP contribution in [0.5, 0.6) is 0 Å². The summed E-state index contributed by atoms with van der Waals surface area (Å²) in [6.07, 6.45) is 0. The van der Waals surface area contributed by atoms with E-state index >= 15 is 0 Å². The van der Waals surface area contributed by atoms with Crippen LogP contribution in [-0.2, 0) is 0 Å². The van der Waals surface area contributed by atoms with E-state index in [1.54, 1.807) is 18.2 Å². The zero-order valence-electron chi connectivity index (χ0n) is 6.48. The maximum Gasteiger partial charge on any atom is 0.179 e. The van der Waals surface area contributed by atoms with E-state index in [9.17, 15) is 4.79 Å². The smallest absolute Gasteiger partial charge is 0.179 e. The van der Waals surface area contributed by atoms with Crippen LogP contribution >= 0.6 is 39.3 Å². The van der Waals surface area contributed by atoms with Crippen molar-refractivity contribution in [2.24, 2.45) is 0 Å². The fourth-order valence-corrected chi connectivity index (χ4v) is 1.57. The van der Waals surface area contributed by atoms with Crippen molar-refractivity contribution in [3.8, 4) is 0 Å². The molecule has 1 aromatic carbocycles. The Labute approximate surface area is 94.5 Å². The fraction of sp³-hybridized carbons (Fsp3) is 0.125. The molecular formula is C8H6BrCl2NO. The number of rotatable bonds is 3. The Morgan fingerprint density at radius 3 is 2.77 bits per heavy atom. The van der Waals surface area contributed by atoms with Gasteiger partial charge < -0.3 is 0 Å². The zero-order chi connectivity index (χ0) is 9.84. The van der Waals surface area contributed by atoms with Crippen molar-refractivity contribution in [3.63, 3.8) is 0 Å². The lowest BCUT2D eigenvalue weighted by molar-refractivity contribution is 0.102. The Morgan fingerprint density at radius 1 is 1.54 bits per heavy atom. The molecule has 1 aromatic rings. The number of anilines is 1. The van der Waals surface area contributed by atoms with Crippen LogP contribution in [0.3, 0.4) is 0 Å². The molecule has 0 atom stereocenters. The van der Waals surface area contributed by atoms with Gasteiger partial charge in [-0.3, -0.25) is 9.63 Å². The number of nitrogens with one attached hydrogen (secondary N) is 1. The molecule has 1 N–H and O–H groups in total. The normalized spacial score (nSPS) is 9.77. The Hall–Kier alpha value is -0.250. The van der Waals surface area contributed by atoms with E-state index in [4.69, 9.17) is 23.4 Å². The van der Waals surface area contributed by atoms with Gasteiger partial charge in [-0.25, -0.2) is 0 Å². The minimum absolute atomic E-state index is 0.0535. The molecule has 0 aromatic heterocycles. The SMILES string of the molecule is O=C(CCl)c1cc(Br)ccc1NCl. The number of Topliss-reactive ketones (excluding diaryl/α,β-unsaturated/α-hetero) is 1. The summed E-state index contributed by atoms with van der Waals surface area (Å²) < 4.78 is 0.816. The first kappa shape index (κ1) is 10.8. The summed E-state index contributed by atoms with van der Waals surface area (Å²) in [5.41, 5.74) is 1.05. The number of carbonyl (C=O) groups is 1. The van der Waals surface area contributed by atoms with Gasteiger partial charge in [0.05, 0.1) is 11.6 Å². The van der Waals surface area contributed by atoms with Gasteiger partial charge in [0.2, 0.25) is 0 Å². The second kappa shape index (κ2) is 4.84. The van der Waals surface area contributed by atoms with Crippen LogP contribution in [0.15, 0.2) is 22.7 Å². The summed E-state index contributed by atoms with van der Waals surface area (Å²) in [6, 6.07) is 5.17. The van der Waals surface area contributed by atoms with Gasteiger partial charge >= 0.3 is 0 Å². The molecule has 1 rings (SSSR count). The number of carbonyl (C=O) groups excluding carboxylic acids is 1. The van der Waals surface area contributed by atoms with Gasteiger partial charge in [0, 0.05) is 21.8 Å². The summed E-state index contributed by atoms with van der Waals surface area (Å²) in [6.45, 7) is 0. The molecule has 70 valence electrons. The molecule has 0 saturated heterocycles. The third-order valence-corrected chi connectivity index (χ3v) is 2.44. The molecule has 0 unspecified atom stereocenters. The number of benzene rings is 1. The van der Waals surface area contributed by atoms with E-state index in [0.717, 1.165) is 4.47 Å². The van der Waals surface area contributed by atoms with Gasteiger partial charge in [-0.05, 0) is 18.2 Å². The minimum atomic E-state index is -0.161. The van der Waals surface area contributed by atoms with Crippen LogP contribution in [0.4, 0.5) is 5.69 Å².